The third-order valence-electron chi connectivity index (χ3n) is 11.1. The van der Waals surface area contributed by atoms with Crippen LogP contribution in [0.15, 0.2) is 139 Å². The second kappa shape index (κ2) is 11.4. The van der Waals surface area contributed by atoms with E-state index in [2.05, 4.69) is 163 Å². The molecule has 9 rings (SSSR count). The van der Waals surface area contributed by atoms with Crippen LogP contribution >= 0.6 is 0 Å². The monoisotopic (exact) mass is 621 g/mol. The van der Waals surface area contributed by atoms with E-state index in [-0.39, 0.29) is 5.92 Å². The molecule has 3 aliphatic carbocycles. The zero-order chi connectivity index (χ0) is 32.4. The molecule has 0 saturated carbocycles. The summed E-state index contributed by atoms with van der Waals surface area (Å²) in [6.07, 6.45) is 19.3. The average Bonchev–Trinajstić information content (AvgIpc) is 3.65. The van der Waals surface area contributed by atoms with Crippen LogP contribution in [0.1, 0.15) is 55.7 Å². The van der Waals surface area contributed by atoms with E-state index in [1.807, 2.05) is 0 Å². The van der Waals surface area contributed by atoms with Crippen LogP contribution in [0.2, 0.25) is 0 Å². The minimum atomic E-state index is -0.0355. The summed E-state index contributed by atoms with van der Waals surface area (Å²) in [4.78, 5) is 2.59. The molecule has 4 aliphatic rings. The minimum absolute atomic E-state index is 0.0355. The summed E-state index contributed by atoms with van der Waals surface area (Å²) in [6, 6.07) is 36.2. The van der Waals surface area contributed by atoms with Gasteiger partial charge in [-0.2, -0.15) is 5.26 Å². The summed E-state index contributed by atoms with van der Waals surface area (Å²) in [5.74, 6) is 1.24. The molecule has 4 aromatic carbocycles. The average molecular weight is 622 g/mol. The molecule has 0 N–H and O–H groups in total. The van der Waals surface area contributed by atoms with Crippen molar-refractivity contribution in [1.29, 1.82) is 5.26 Å². The maximum absolute atomic E-state index is 9.53. The topological polar surface area (TPSA) is 32.0 Å². The van der Waals surface area contributed by atoms with Crippen LogP contribution in [0.3, 0.4) is 0 Å². The Bertz CT molecular complexity index is 2290. The van der Waals surface area contributed by atoms with E-state index in [0.717, 1.165) is 19.3 Å². The molecular formula is C45H39N3. The van der Waals surface area contributed by atoms with E-state index >= 15 is 0 Å². The highest BCUT2D eigenvalue weighted by Crippen LogP contribution is 2.53. The van der Waals surface area contributed by atoms with Gasteiger partial charge in [0, 0.05) is 45.4 Å². The van der Waals surface area contributed by atoms with Crippen molar-refractivity contribution in [1.82, 2.24) is 4.57 Å². The molecule has 1 aromatic heterocycles. The Kier molecular flexibility index (Phi) is 6.87. The van der Waals surface area contributed by atoms with Gasteiger partial charge in [-0.15, -0.1) is 0 Å². The van der Waals surface area contributed by atoms with Gasteiger partial charge in [-0.25, -0.2) is 0 Å². The van der Waals surface area contributed by atoms with Gasteiger partial charge in [-0.1, -0.05) is 117 Å². The van der Waals surface area contributed by atoms with Crippen LogP contribution in [-0.2, 0) is 0 Å². The van der Waals surface area contributed by atoms with Crippen molar-refractivity contribution < 1.29 is 0 Å². The van der Waals surface area contributed by atoms with Crippen LogP contribution in [0.5, 0.6) is 0 Å². The van der Waals surface area contributed by atoms with Crippen molar-refractivity contribution in [2.24, 2.45) is 17.8 Å². The maximum Gasteiger partial charge on any atom is 0.0700 e. The summed E-state index contributed by atoms with van der Waals surface area (Å²) < 4.78 is 2.45. The first-order chi connectivity index (χ1) is 23.6. The lowest BCUT2D eigenvalue weighted by molar-refractivity contribution is 0.478. The van der Waals surface area contributed by atoms with Gasteiger partial charge in [0.2, 0.25) is 0 Å². The zero-order valence-electron chi connectivity index (χ0n) is 27.6. The predicted octanol–water partition coefficient (Wildman–Crippen LogP) is 11.1. The summed E-state index contributed by atoms with van der Waals surface area (Å²) in [7, 11) is 0. The maximum atomic E-state index is 9.53. The molecule has 0 spiro atoms. The Morgan fingerprint density at radius 1 is 0.750 bits per heavy atom. The number of benzene rings is 4. The van der Waals surface area contributed by atoms with E-state index in [1.165, 1.54) is 66.7 Å². The van der Waals surface area contributed by atoms with Crippen molar-refractivity contribution in [3.63, 3.8) is 0 Å². The Labute approximate surface area is 283 Å². The van der Waals surface area contributed by atoms with Gasteiger partial charge in [-0.05, 0) is 83.7 Å². The van der Waals surface area contributed by atoms with E-state index in [0.29, 0.717) is 23.8 Å². The second-order valence-corrected chi connectivity index (χ2v) is 14.0. The standard InChI is InChI=1S/C45H39N3/c1-29-18-25-39-43(26-29)47(34-23-20-31(28-46)21-24-34)42-17-9-14-37(44(39)42)40-27-32(22-19-30(40)2)35-13-8-15-38-36-12-6-7-16-41(36)48(45(35)38)33-10-4-3-5-11-33/h3-18,20,22-25,27,29-31,39,43H,19,21,26H2,1-2H3/t29?,30-,31?,39?,43?/m0/s1. The molecule has 5 atom stereocenters. The van der Waals surface area contributed by atoms with Crippen molar-refractivity contribution >= 4 is 38.6 Å². The van der Waals surface area contributed by atoms with E-state index in [1.54, 1.807) is 0 Å². The lowest BCUT2D eigenvalue weighted by atomic mass is 9.77. The molecule has 1 aliphatic heterocycles. The predicted molar refractivity (Wildman–Crippen MR) is 200 cm³/mol. The first kappa shape index (κ1) is 28.9. The second-order valence-electron chi connectivity index (χ2n) is 14.0. The van der Waals surface area contributed by atoms with Gasteiger partial charge in [-0.3, -0.25) is 0 Å². The highest BCUT2D eigenvalue weighted by atomic mass is 15.2. The van der Waals surface area contributed by atoms with Gasteiger partial charge in [0.15, 0.2) is 0 Å². The van der Waals surface area contributed by atoms with Gasteiger partial charge >= 0.3 is 0 Å². The Morgan fingerprint density at radius 3 is 2.38 bits per heavy atom. The number of hydrogen-bond donors (Lipinski definition) is 0. The number of anilines is 1. The zero-order valence-corrected chi connectivity index (χ0v) is 27.6. The SMILES string of the molecule is CC1C=CC2c3c(C4=CC(c5cccc6c7ccccc7n(-c7ccccc7)c56)=CC[C@@H]4C)cccc3N(C3=CCC(C#N)C=C3)C2C1. The van der Waals surface area contributed by atoms with Crippen LogP contribution in [0.4, 0.5) is 5.69 Å². The molecule has 0 amide bonds. The number of allylic oxidation sites excluding steroid dienone is 8. The van der Waals surface area contributed by atoms with Gasteiger partial charge in [0.25, 0.3) is 0 Å². The molecule has 5 aromatic rings. The van der Waals surface area contributed by atoms with Crippen molar-refractivity contribution in [2.45, 2.75) is 45.1 Å². The molecule has 48 heavy (non-hydrogen) atoms. The fourth-order valence-corrected chi connectivity index (χ4v) is 8.78. The molecule has 0 fully saturated rings. The molecule has 3 heteroatoms. The van der Waals surface area contributed by atoms with Crippen LogP contribution < -0.4 is 4.90 Å². The van der Waals surface area contributed by atoms with Crippen molar-refractivity contribution in [3.8, 4) is 11.8 Å². The first-order valence-corrected chi connectivity index (χ1v) is 17.5. The molecule has 0 radical (unpaired) electrons. The largest absolute Gasteiger partial charge is 0.337 e. The number of rotatable bonds is 4. The molecular weight excluding hydrogens is 583 g/mol. The lowest BCUT2D eigenvalue weighted by Crippen LogP contribution is -2.36. The van der Waals surface area contributed by atoms with E-state index in [9.17, 15) is 5.26 Å². The number of fused-ring (bicyclic) bond motifs is 6. The quantitative estimate of drug-likeness (QED) is 0.187. The molecule has 0 bridgehead atoms. The summed E-state index contributed by atoms with van der Waals surface area (Å²) >= 11 is 0. The molecule has 4 unspecified atom stereocenters. The van der Waals surface area contributed by atoms with E-state index < -0.39 is 0 Å². The van der Waals surface area contributed by atoms with Gasteiger partial charge in [0.05, 0.1) is 23.0 Å². The number of nitriles is 1. The fourth-order valence-electron chi connectivity index (χ4n) is 8.78. The smallest absolute Gasteiger partial charge is 0.0700 e. The highest BCUT2D eigenvalue weighted by molar-refractivity contribution is 6.13. The Balaban J connectivity index is 1.21. The Hall–Kier alpha value is -5.33. The summed E-state index contributed by atoms with van der Waals surface area (Å²) in [5.41, 5.74) is 13.1. The minimum Gasteiger partial charge on any atom is -0.337 e. The molecule has 2 heterocycles. The Morgan fingerprint density at radius 2 is 1.54 bits per heavy atom. The van der Waals surface area contributed by atoms with Crippen molar-refractivity contribution in [3.05, 3.63) is 156 Å². The van der Waals surface area contributed by atoms with Gasteiger partial charge < -0.3 is 9.47 Å². The van der Waals surface area contributed by atoms with E-state index in [4.69, 9.17) is 0 Å². The molecule has 0 saturated heterocycles. The number of nitrogens with zero attached hydrogens (tertiary/aromatic N) is 3. The third-order valence-corrected chi connectivity index (χ3v) is 11.1. The number of aromatic nitrogens is 1. The first-order valence-electron chi connectivity index (χ1n) is 17.5. The van der Waals surface area contributed by atoms with Crippen LogP contribution in [0, 0.1) is 29.1 Å². The summed E-state index contributed by atoms with van der Waals surface area (Å²) in [6.45, 7) is 4.72. The third kappa shape index (κ3) is 4.47. The van der Waals surface area contributed by atoms with Gasteiger partial charge in [0.1, 0.15) is 0 Å². The molecule has 234 valence electrons. The number of hydrogen-bond acceptors (Lipinski definition) is 2. The lowest BCUT2D eigenvalue weighted by Gasteiger charge is -2.35. The summed E-state index contributed by atoms with van der Waals surface area (Å²) in [5, 5.41) is 12.1. The van der Waals surface area contributed by atoms with Crippen LogP contribution in [0.25, 0.3) is 38.6 Å². The van der Waals surface area contributed by atoms with Crippen molar-refractivity contribution in [2.75, 3.05) is 4.90 Å². The fraction of sp³-hybridized carbons (Fsp3) is 0.222. The number of para-hydroxylation sites is 3. The van der Waals surface area contributed by atoms with Crippen LogP contribution in [-0.4, -0.2) is 10.6 Å². The molecule has 3 nitrogen and oxygen atoms in total. The highest BCUT2D eigenvalue weighted by Gasteiger charge is 2.42. The normalized spacial score (nSPS) is 24.6.